The van der Waals surface area contributed by atoms with Gasteiger partial charge in [0.25, 0.3) is 0 Å². The van der Waals surface area contributed by atoms with Crippen LogP contribution in [0.4, 0.5) is 0 Å². The first-order chi connectivity index (χ1) is 13.1. The van der Waals surface area contributed by atoms with Gasteiger partial charge in [-0.25, -0.2) is 9.59 Å². The monoisotopic (exact) mass is 454 g/mol. The Morgan fingerprint density at radius 3 is 2.25 bits per heavy atom. The van der Waals surface area contributed by atoms with Crippen LogP contribution in [0, 0.1) is 11.8 Å². The largest absolute Gasteiger partial charge is 0.466 e. The molecule has 1 fully saturated rings. The summed E-state index contributed by atoms with van der Waals surface area (Å²) in [5, 5.41) is 21.9. The molecule has 0 radical (unpaired) electrons. The molecule has 0 unspecified atom stereocenters. The fraction of sp³-hybridized carbons (Fsp3) is 0.450. The smallest absolute Gasteiger partial charge is 0.338 e. The number of carbonyl (C=O) groups excluding carboxylic acids is 3. The van der Waals surface area contributed by atoms with Crippen LogP contribution < -0.4 is 0 Å². The van der Waals surface area contributed by atoms with Crippen LogP contribution in [0.5, 0.6) is 0 Å². The minimum Gasteiger partial charge on any atom is -0.466 e. The molecule has 1 aromatic carbocycles. The summed E-state index contributed by atoms with van der Waals surface area (Å²) in [5.74, 6) is -4.17. The number of carbonyl (C=O) groups is 3. The lowest BCUT2D eigenvalue weighted by Crippen LogP contribution is -2.47. The Balaban J connectivity index is 2.42. The molecule has 2 rings (SSSR count). The molecule has 7 nitrogen and oxygen atoms in total. The number of aliphatic hydroxyl groups excluding tert-OH is 1. The van der Waals surface area contributed by atoms with Crippen molar-refractivity contribution in [2.45, 2.75) is 38.6 Å². The molecule has 0 saturated heterocycles. The highest BCUT2D eigenvalue weighted by Crippen LogP contribution is 2.46. The third kappa shape index (κ3) is 4.04. The van der Waals surface area contributed by atoms with E-state index in [0.717, 1.165) is 4.47 Å². The van der Waals surface area contributed by atoms with E-state index in [4.69, 9.17) is 9.47 Å². The normalized spacial score (nSPS) is 30.0. The number of Topliss-reactive ketones (excluding diaryl/α,β-unsaturated/α-hetero) is 1. The van der Waals surface area contributed by atoms with Crippen LogP contribution in [-0.2, 0) is 19.1 Å². The van der Waals surface area contributed by atoms with Gasteiger partial charge in [0.15, 0.2) is 6.10 Å². The molecule has 28 heavy (non-hydrogen) atoms. The van der Waals surface area contributed by atoms with Gasteiger partial charge >= 0.3 is 11.9 Å². The minimum atomic E-state index is -1.89. The number of ether oxygens (including phenoxy) is 2. The number of methoxy groups -OCH3 is 1. The van der Waals surface area contributed by atoms with Gasteiger partial charge in [0, 0.05) is 16.0 Å². The van der Waals surface area contributed by atoms with E-state index in [-0.39, 0.29) is 11.1 Å². The van der Waals surface area contributed by atoms with Crippen LogP contribution in [0.15, 0.2) is 40.4 Å². The van der Waals surface area contributed by atoms with Gasteiger partial charge in [-0.05, 0) is 45.0 Å². The van der Waals surface area contributed by atoms with Crippen LogP contribution in [0.25, 0.3) is 0 Å². The average Bonchev–Trinajstić information content (AvgIpc) is 2.83. The second-order valence-corrected chi connectivity index (χ2v) is 7.81. The number of benzene rings is 1. The van der Waals surface area contributed by atoms with Gasteiger partial charge in [-0.3, -0.25) is 4.79 Å². The standard InChI is InChI=1S/C20H23BrO7/c1-5-13(19(25)27-4)14-15(10(2)22)20(3,26)17(16(14)23)28-18(24)11-6-8-12(21)9-7-11/h5-9,14-17,23,26H,1-4H3/b13-5+/t14-,15+,16+,17+,20-/m1/s1. The van der Waals surface area contributed by atoms with E-state index in [1.165, 1.54) is 39.2 Å². The maximum Gasteiger partial charge on any atom is 0.338 e. The molecular weight excluding hydrogens is 432 g/mol. The van der Waals surface area contributed by atoms with Gasteiger partial charge in [0.2, 0.25) is 0 Å². The minimum absolute atomic E-state index is 0.0395. The quantitative estimate of drug-likeness (QED) is 0.517. The van der Waals surface area contributed by atoms with Crippen molar-refractivity contribution in [3.63, 3.8) is 0 Å². The highest BCUT2D eigenvalue weighted by Gasteiger charge is 2.62. The predicted octanol–water partition coefficient (Wildman–Crippen LogP) is 2.04. The Bertz CT molecular complexity index is 797. The van der Waals surface area contributed by atoms with E-state index in [1.807, 2.05) is 0 Å². The Morgan fingerprint density at radius 1 is 1.21 bits per heavy atom. The number of ketones is 1. The van der Waals surface area contributed by atoms with Gasteiger partial charge in [0.1, 0.15) is 17.5 Å². The van der Waals surface area contributed by atoms with Crippen molar-refractivity contribution in [3.8, 4) is 0 Å². The fourth-order valence-corrected chi connectivity index (χ4v) is 4.09. The van der Waals surface area contributed by atoms with Crippen LogP contribution >= 0.6 is 15.9 Å². The summed E-state index contributed by atoms with van der Waals surface area (Å²) in [7, 11) is 1.18. The van der Waals surface area contributed by atoms with Crippen molar-refractivity contribution < 1.29 is 34.1 Å². The molecule has 152 valence electrons. The molecule has 1 aliphatic rings. The van der Waals surface area contributed by atoms with Crippen molar-refractivity contribution in [1.82, 2.24) is 0 Å². The highest BCUT2D eigenvalue weighted by molar-refractivity contribution is 9.10. The first-order valence-electron chi connectivity index (χ1n) is 8.68. The number of halogens is 1. The van der Waals surface area contributed by atoms with E-state index in [9.17, 15) is 24.6 Å². The van der Waals surface area contributed by atoms with Crippen molar-refractivity contribution in [3.05, 3.63) is 46.0 Å². The molecule has 0 aromatic heterocycles. The predicted molar refractivity (Wildman–Crippen MR) is 103 cm³/mol. The summed E-state index contributed by atoms with van der Waals surface area (Å²) < 4.78 is 10.9. The maximum atomic E-state index is 12.5. The number of hydrogen-bond acceptors (Lipinski definition) is 7. The van der Waals surface area contributed by atoms with Crippen LogP contribution in [-0.4, -0.2) is 52.9 Å². The topological polar surface area (TPSA) is 110 Å². The molecule has 0 amide bonds. The van der Waals surface area contributed by atoms with E-state index < -0.39 is 47.4 Å². The average molecular weight is 455 g/mol. The Hall–Kier alpha value is -2.03. The number of hydrogen-bond donors (Lipinski definition) is 2. The highest BCUT2D eigenvalue weighted by atomic mass is 79.9. The summed E-state index contributed by atoms with van der Waals surface area (Å²) in [6.45, 7) is 4.13. The molecular formula is C20H23BrO7. The zero-order chi connectivity index (χ0) is 21.2. The zero-order valence-corrected chi connectivity index (χ0v) is 17.6. The van der Waals surface area contributed by atoms with Crippen LogP contribution in [0.3, 0.4) is 0 Å². The van der Waals surface area contributed by atoms with Crippen LogP contribution in [0.1, 0.15) is 31.1 Å². The Labute approximate surface area is 171 Å². The Morgan fingerprint density at radius 2 is 1.79 bits per heavy atom. The van der Waals surface area contributed by atoms with Gasteiger partial charge in [0.05, 0.1) is 18.6 Å². The molecule has 5 atom stereocenters. The molecule has 0 bridgehead atoms. The number of aliphatic hydroxyl groups is 2. The van der Waals surface area contributed by atoms with Gasteiger partial charge < -0.3 is 19.7 Å². The zero-order valence-electron chi connectivity index (χ0n) is 16.0. The maximum absolute atomic E-state index is 12.5. The van der Waals surface area contributed by atoms with E-state index in [1.54, 1.807) is 19.1 Å². The van der Waals surface area contributed by atoms with E-state index in [0.29, 0.717) is 0 Å². The molecule has 8 heteroatoms. The van der Waals surface area contributed by atoms with E-state index in [2.05, 4.69) is 15.9 Å². The van der Waals surface area contributed by atoms with Gasteiger partial charge in [-0.15, -0.1) is 0 Å². The SMILES string of the molecule is C/C=C(/C(=O)OC)[C@H]1[C@H](O)[C@H](OC(=O)c2ccc(Br)cc2)[C@](C)(O)[C@H]1C(C)=O. The van der Waals surface area contributed by atoms with Crippen molar-refractivity contribution in [2.75, 3.05) is 7.11 Å². The summed E-state index contributed by atoms with van der Waals surface area (Å²) in [5.41, 5.74) is -1.63. The fourth-order valence-electron chi connectivity index (χ4n) is 3.82. The first kappa shape index (κ1) is 22.3. The van der Waals surface area contributed by atoms with Gasteiger partial charge in [-0.2, -0.15) is 0 Å². The van der Waals surface area contributed by atoms with Crippen LogP contribution in [0.2, 0.25) is 0 Å². The lowest BCUT2D eigenvalue weighted by atomic mass is 9.79. The molecule has 0 aliphatic heterocycles. The third-order valence-electron chi connectivity index (χ3n) is 5.09. The summed E-state index contributed by atoms with van der Waals surface area (Å²) in [6.07, 6.45) is -1.47. The molecule has 1 aromatic rings. The molecule has 2 N–H and O–H groups in total. The first-order valence-corrected chi connectivity index (χ1v) is 9.47. The lowest BCUT2D eigenvalue weighted by molar-refractivity contribution is -0.138. The molecule has 1 saturated carbocycles. The molecule has 0 heterocycles. The van der Waals surface area contributed by atoms with Crippen molar-refractivity contribution in [1.29, 1.82) is 0 Å². The summed E-state index contributed by atoms with van der Waals surface area (Å²) >= 11 is 3.27. The number of rotatable bonds is 5. The lowest BCUT2D eigenvalue weighted by Gasteiger charge is -2.30. The van der Waals surface area contributed by atoms with Crippen molar-refractivity contribution in [2.24, 2.45) is 11.8 Å². The third-order valence-corrected chi connectivity index (χ3v) is 5.61. The Kier molecular flexibility index (Phi) is 6.80. The summed E-state index contributed by atoms with van der Waals surface area (Å²) in [4.78, 5) is 36.9. The molecule has 1 aliphatic carbocycles. The molecule has 0 spiro atoms. The second-order valence-electron chi connectivity index (χ2n) is 6.90. The second kappa shape index (κ2) is 8.55. The summed E-state index contributed by atoms with van der Waals surface area (Å²) in [6, 6.07) is 6.34. The van der Waals surface area contributed by atoms with Gasteiger partial charge in [-0.1, -0.05) is 22.0 Å². The van der Waals surface area contributed by atoms with Crippen molar-refractivity contribution >= 4 is 33.7 Å². The van der Waals surface area contributed by atoms with E-state index >= 15 is 0 Å². The number of esters is 2. The number of allylic oxidation sites excluding steroid dienone is 1.